The van der Waals surface area contributed by atoms with E-state index in [1.165, 1.54) is 0 Å². The van der Waals surface area contributed by atoms with Crippen LogP contribution in [0.15, 0.2) is 65.9 Å². The first-order valence-electron chi connectivity index (χ1n) is 8.85. The summed E-state index contributed by atoms with van der Waals surface area (Å²) in [4.78, 5) is 6.80. The van der Waals surface area contributed by atoms with Gasteiger partial charge in [-0.25, -0.2) is 4.99 Å². The molecule has 1 N–H and O–H groups in total. The van der Waals surface area contributed by atoms with Crippen molar-refractivity contribution in [1.29, 1.82) is 0 Å². The molecule has 0 saturated carbocycles. The number of rotatable bonds is 6. The number of benzene rings is 2. The first-order chi connectivity index (χ1) is 13.2. The molecule has 0 spiro atoms. The Bertz CT molecular complexity index is 890. The van der Waals surface area contributed by atoms with E-state index >= 15 is 0 Å². The van der Waals surface area contributed by atoms with Crippen LogP contribution in [-0.2, 0) is 13.1 Å². The van der Waals surface area contributed by atoms with E-state index in [0.29, 0.717) is 13.1 Å². The van der Waals surface area contributed by atoms with Crippen molar-refractivity contribution in [3.8, 4) is 5.69 Å². The van der Waals surface area contributed by atoms with Gasteiger partial charge in [-0.15, -0.1) is 10.2 Å². The highest BCUT2D eigenvalue weighted by atomic mass is 35.5. The van der Waals surface area contributed by atoms with Crippen molar-refractivity contribution < 1.29 is 0 Å². The monoisotopic (exact) mass is 382 g/mol. The molecule has 0 aliphatic heterocycles. The predicted molar refractivity (Wildman–Crippen MR) is 109 cm³/mol. The summed E-state index contributed by atoms with van der Waals surface area (Å²) < 4.78 is 1.95. The topological polar surface area (TPSA) is 58.3 Å². The highest BCUT2D eigenvalue weighted by Gasteiger charge is 2.10. The summed E-state index contributed by atoms with van der Waals surface area (Å²) in [5.74, 6) is 1.59. The van der Waals surface area contributed by atoms with Crippen LogP contribution >= 0.6 is 11.6 Å². The maximum absolute atomic E-state index is 6.09. The number of aliphatic imine (C=N–C) groups is 1. The van der Waals surface area contributed by atoms with E-state index in [0.717, 1.165) is 34.6 Å². The third-order valence-corrected chi connectivity index (χ3v) is 4.26. The van der Waals surface area contributed by atoms with E-state index in [1.54, 1.807) is 6.33 Å². The molecular weight excluding hydrogens is 360 g/mol. The fraction of sp³-hybridized carbons (Fsp3) is 0.250. The van der Waals surface area contributed by atoms with Crippen LogP contribution in [0.1, 0.15) is 18.3 Å². The molecule has 3 rings (SSSR count). The average Bonchev–Trinajstić information content (AvgIpc) is 3.14. The molecule has 0 saturated heterocycles. The molecule has 2 aromatic carbocycles. The third kappa shape index (κ3) is 5.08. The highest BCUT2D eigenvalue weighted by molar-refractivity contribution is 6.30. The van der Waals surface area contributed by atoms with Crippen LogP contribution in [0.5, 0.6) is 0 Å². The number of nitrogens with zero attached hydrogens (tertiary/aromatic N) is 5. The number of nitrogens with one attached hydrogen (secondary N) is 1. The van der Waals surface area contributed by atoms with Gasteiger partial charge >= 0.3 is 0 Å². The quantitative estimate of drug-likeness (QED) is 0.523. The Balaban J connectivity index is 1.75. The fourth-order valence-electron chi connectivity index (χ4n) is 2.77. The zero-order valence-corrected chi connectivity index (χ0v) is 16.3. The standard InChI is InChI=1S/C20H23ClN6/c1-3-22-20(26(2)14-16-8-7-9-17(21)12-16)23-13-19-25-24-15-27(19)18-10-5-4-6-11-18/h4-12,15H,3,13-14H2,1-2H3,(H,22,23). The normalized spacial score (nSPS) is 11.4. The Morgan fingerprint density at radius 3 is 2.74 bits per heavy atom. The van der Waals surface area contributed by atoms with Gasteiger partial charge in [-0.2, -0.15) is 0 Å². The molecule has 0 radical (unpaired) electrons. The zero-order valence-electron chi connectivity index (χ0n) is 15.5. The van der Waals surface area contributed by atoms with Crippen molar-refractivity contribution in [3.05, 3.63) is 77.3 Å². The summed E-state index contributed by atoms with van der Waals surface area (Å²) in [5.41, 5.74) is 2.15. The Hall–Kier alpha value is -2.86. The summed E-state index contributed by atoms with van der Waals surface area (Å²) in [7, 11) is 2.00. The first kappa shape index (κ1) is 18.9. The van der Waals surface area contributed by atoms with Gasteiger partial charge in [-0.3, -0.25) is 4.57 Å². The molecule has 1 heterocycles. The molecule has 7 heteroatoms. The summed E-state index contributed by atoms with van der Waals surface area (Å²) in [6, 6.07) is 17.9. The number of guanidine groups is 1. The van der Waals surface area contributed by atoms with Gasteiger partial charge in [0.1, 0.15) is 12.9 Å². The van der Waals surface area contributed by atoms with Gasteiger partial charge in [-0.05, 0) is 36.8 Å². The number of aromatic nitrogens is 3. The molecule has 27 heavy (non-hydrogen) atoms. The number of halogens is 1. The van der Waals surface area contributed by atoms with Gasteiger partial charge in [0.05, 0.1) is 0 Å². The second-order valence-electron chi connectivity index (χ2n) is 6.11. The lowest BCUT2D eigenvalue weighted by Crippen LogP contribution is -2.38. The lowest BCUT2D eigenvalue weighted by molar-refractivity contribution is 0.476. The van der Waals surface area contributed by atoms with Crippen molar-refractivity contribution in [1.82, 2.24) is 25.0 Å². The Morgan fingerprint density at radius 1 is 1.19 bits per heavy atom. The predicted octanol–water partition coefficient (Wildman–Crippen LogP) is 3.52. The first-order valence-corrected chi connectivity index (χ1v) is 9.23. The highest BCUT2D eigenvalue weighted by Crippen LogP contribution is 2.13. The van der Waals surface area contributed by atoms with Gasteiger partial charge in [-0.1, -0.05) is 41.9 Å². The minimum Gasteiger partial charge on any atom is -0.357 e. The second-order valence-corrected chi connectivity index (χ2v) is 6.55. The van der Waals surface area contributed by atoms with Gasteiger partial charge in [0, 0.05) is 30.8 Å². The van der Waals surface area contributed by atoms with Crippen molar-refractivity contribution in [2.45, 2.75) is 20.0 Å². The van der Waals surface area contributed by atoms with Crippen LogP contribution in [0.3, 0.4) is 0 Å². The number of para-hydroxylation sites is 1. The second kappa shape index (κ2) is 9.19. The van der Waals surface area contributed by atoms with Gasteiger partial charge in [0.25, 0.3) is 0 Å². The Morgan fingerprint density at radius 2 is 2.00 bits per heavy atom. The lowest BCUT2D eigenvalue weighted by atomic mass is 10.2. The van der Waals surface area contributed by atoms with E-state index in [2.05, 4.69) is 33.4 Å². The smallest absolute Gasteiger partial charge is 0.194 e. The van der Waals surface area contributed by atoms with Crippen LogP contribution < -0.4 is 5.32 Å². The molecule has 0 aliphatic carbocycles. The SMILES string of the molecule is CCNC(=NCc1nncn1-c1ccccc1)N(C)Cc1cccc(Cl)c1. The molecule has 0 atom stereocenters. The summed E-state index contributed by atoms with van der Waals surface area (Å²) >= 11 is 6.09. The molecule has 0 aliphatic rings. The van der Waals surface area contributed by atoms with Gasteiger partial charge in [0.15, 0.2) is 11.8 Å². The molecule has 140 valence electrons. The van der Waals surface area contributed by atoms with Gasteiger partial charge < -0.3 is 10.2 Å². The van der Waals surface area contributed by atoms with E-state index in [9.17, 15) is 0 Å². The lowest BCUT2D eigenvalue weighted by Gasteiger charge is -2.22. The molecular formula is C20H23ClN6. The van der Waals surface area contributed by atoms with E-state index in [-0.39, 0.29) is 0 Å². The van der Waals surface area contributed by atoms with Crippen LogP contribution in [0, 0.1) is 0 Å². The van der Waals surface area contributed by atoms with E-state index < -0.39 is 0 Å². The molecule has 3 aromatic rings. The molecule has 6 nitrogen and oxygen atoms in total. The summed E-state index contributed by atoms with van der Waals surface area (Å²) in [6.45, 7) is 3.97. The summed E-state index contributed by atoms with van der Waals surface area (Å²) in [5, 5.41) is 12.3. The minimum absolute atomic E-state index is 0.428. The molecule has 0 unspecified atom stereocenters. The van der Waals surface area contributed by atoms with Crippen LogP contribution in [0.4, 0.5) is 0 Å². The van der Waals surface area contributed by atoms with Crippen molar-refractivity contribution in [2.75, 3.05) is 13.6 Å². The summed E-state index contributed by atoms with van der Waals surface area (Å²) in [6.07, 6.45) is 1.71. The number of hydrogen-bond donors (Lipinski definition) is 1. The fourth-order valence-corrected chi connectivity index (χ4v) is 2.98. The maximum atomic E-state index is 6.09. The van der Waals surface area contributed by atoms with E-state index in [1.807, 2.05) is 60.1 Å². The molecule has 0 fully saturated rings. The van der Waals surface area contributed by atoms with Crippen molar-refractivity contribution in [2.24, 2.45) is 4.99 Å². The average molecular weight is 383 g/mol. The van der Waals surface area contributed by atoms with Gasteiger partial charge in [0.2, 0.25) is 0 Å². The zero-order chi connectivity index (χ0) is 19.1. The van der Waals surface area contributed by atoms with Crippen molar-refractivity contribution >= 4 is 17.6 Å². The molecule has 1 aromatic heterocycles. The Kier molecular flexibility index (Phi) is 6.44. The van der Waals surface area contributed by atoms with Crippen LogP contribution in [0.25, 0.3) is 5.69 Å². The molecule has 0 amide bonds. The van der Waals surface area contributed by atoms with Crippen LogP contribution in [0.2, 0.25) is 5.02 Å². The number of hydrogen-bond acceptors (Lipinski definition) is 3. The van der Waals surface area contributed by atoms with Crippen LogP contribution in [-0.4, -0.2) is 39.2 Å². The molecule has 0 bridgehead atoms. The maximum Gasteiger partial charge on any atom is 0.194 e. The largest absolute Gasteiger partial charge is 0.357 e. The van der Waals surface area contributed by atoms with E-state index in [4.69, 9.17) is 16.6 Å². The minimum atomic E-state index is 0.428. The Labute approximate surface area is 164 Å². The van der Waals surface area contributed by atoms with Crippen molar-refractivity contribution in [3.63, 3.8) is 0 Å². The third-order valence-electron chi connectivity index (χ3n) is 4.03.